The van der Waals surface area contributed by atoms with Gasteiger partial charge >= 0.3 is 0 Å². The summed E-state index contributed by atoms with van der Waals surface area (Å²) in [5.74, 6) is 2.25. The summed E-state index contributed by atoms with van der Waals surface area (Å²) in [5.41, 5.74) is 1.13. The second kappa shape index (κ2) is 4.72. The minimum atomic E-state index is -3.26. The molecule has 6 unspecified atom stereocenters. The van der Waals surface area contributed by atoms with Crippen molar-refractivity contribution in [2.75, 3.05) is 0 Å². The van der Waals surface area contributed by atoms with Gasteiger partial charge in [0.25, 0.3) is 0 Å². The maximum atomic E-state index is 13.4. The molecule has 124 valence electrons. The molecule has 6 atom stereocenters. The molecule has 0 heterocycles. The largest absolute Gasteiger partial charge is 0.223 e. The van der Waals surface area contributed by atoms with E-state index in [-0.39, 0.29) is 16.6 Å². The lowest BCUT2D eigenvalue weighted by atomic mass is 9.52. The van der Waals surface area contributed by atoms with Crippen LogP contribution in [0, 0.1) is 41.9 Å². The fraction of sp³-hybridized carbons (Fsp3) is 0.600. The Balaban J connectivity index is 1.77. The van der Waals surface area contributed by atoms with Gasteiger partial charge in [0, 0.05) is 0 Å². The molecule has 2 fully saturated rings. The second-order valence-electron chi connectivity index (χ2n) is 8.82. The predicted molar refractivity (Wildman–Crippen MR) is 92.8 cm³/mol. The van der Waals surface area contributed by atoms with Crippen molar-refractivity contribution >= 4 is 9.84 Å². The molecule has 3 aliphatic rings. The van der Waals surface area contributed by atoms with E-state index in [1.165, 1.54) is 6.42 Å². The van der Waals surface area contributed by atoms with Crippen molar-refractivity contribution in [1.82, 2.24) is 0 Å². The van der Waals surface area contributed by atoms with E-state index in [1.54, 1.807) is 12.1 Å². The molecular weight excluding hydrogens is 304 g/mol. The number of benzene rings is 1. The van der Waals surface area contributed by atoms with Crippen LogP contribution in [-0.4, -0.2) is 13.7 Å². The Kier molecular flexibility index (Phi) is 3.17. The summed E-state index contributed by atoms with van der Waals surface area (Å²) in [4.78, 5) is 0.507. The molecule has 0 amide bonds. The predicted octanol–water partition coefficient (Wildman–Crippen LogP) is 4.25. The normalized spacial score (nSPS) is 38.4. The lowest BCUT2D eigenvalue weighted by Gasteiger charge is -2.57. The van der Waals surface area contributed by atoms with Crippen molar-refractivity contribution in [1.29, 1.82) is 0 Å². The highest BCUT2D eigenvalue weighted by atomic mass is 32.2. The highest BCUT2D eigenvalue weighted by Gasteiger charge is 2.67. The highest BCUT2D eigenvalue weighted by Crippen LogP contribution is 2.67. The van der Waals surface area contributed by atoms with Crippen molar-refractivity contribution < 1.29 is 8.42 Å². The van der Waals surface area contributed by atoms with Crippen LogP contribution in [0.25, 0.3) is 0 Å². The van der Waals surface area contributed by atoms with Gasteiger partial charge in [-0.05, 0) is 60.5 Å². The van der Waals surface area contributed by atoms with Gasteiger partial charge in [0.15, 0.2) is 9.84 Å². The van der Waals surface area contributed by atoms with E-state index in [1.807, 2.05) is 19.1 Å². The molecule has 3 aliphatic carbocycles. The van der Waals surface area contributed by atoms with E-state index in [4.69, 9.17) is 0 Å². The molecule has 0 N–H and O–H groups in total. The summed E-state index contributed by atoms with van der Waals surface area (Å²) in [6.45, 7) is 8.62. The lowest BCUT2D eigenvalue weighted by Crippen LogP contribution is -2.60. The second-order valence-corrected chi connectivity index (χ2v) is 10.9. The quantitative estimate of drug-likeness (QED) is 0.760. The Bertz CT molecular complexity index is 752. The van der Waals surface area contributed by atoms with Crippen LogP contribution in [0.4, 0.5) is 0 Å². The number of allylic oxidation sites excluding steroid dienone is 2. The van der Waals surface area contributed by atoms with Gasteiger partial charge in [-0.15, -0.1) is 0 Å². The zero-order chi connectivity index (χ0) is 16.6. The molecular formula is C20H26O2S. The van der Waals surface area contributed by atoms with E-state index < -0.39 is 9.84 Å². The summed E-state index contributed by atoms with van der Waals surface area (Å²) in [5, 5.41) is -0.213. The van der Waals surface area contributed by atoms with Gasteiger partial charge in [0.1, 0.15) is 0 Å². The van der Waals surface area contributed by atoms with Crippen molar-refractivity contribution in [3.05, 3.63) is 42.0 Å². The van der Waals surface area contributed by atoms with Crippen LogP contribution < -0.4 is 0 Å². The lowest BCUT2D eigenvalue weighted by molar-refractivity contribution is -0.0122. The highest BCUT2D eigenvalue weighted by molar-refractivity contribution is 7.92. The first-order chi connectivity index (χ1) is 10.7. The minimum Gasteiger partial charge on any atom is -0.223 e. The third-order valence-electron chi connectivity index (χ3n) is 6.44. The van der Waals surface area contributed by atoms with Crippen molar-refractivity contribution in [3.63, 3.8) is 0 Å². The van der Waals surface area contributed by atoms with Crippen LogP contribution in [0.5, 0.6) is 0 Å². The molecule has 2 nitrogen and oxygen atoms in total. The SMILES string of the molecule is Cc1ccc(S(=O)(=O)C2C3C4C=CC(C4)C3C2C(C)(C)C)cc1. The number of hydrogen-bond donors (Lipinski definition) is 0. The van der Waals surface area contributed by atoms with Crippen molar-refractivity contribution in [3.8, 4) is 0 Å². The van der Waals surface area contributed by atoms with E-state index >= 15 is 0 Å². The molecule has 0 aliphatic heterocycles. The summed E-state index contributed by atoms with van der Waals surface area (Å²) < 4.78 is 26.8. The molecule has 0 aromatic heterocycles. The molecule has 1 aromatic carbocycles. The first kappa shape index (κ1) is 15.4. The number of hydrogen-bond acceptors (Lipinski definition) is 2. The topological polar surface area (TPSA) is 34.1 Å². The Morgan fingerprint density at radius 3 is 2.09 bits per heavy atom. The smallest absolute Gasteiger partial charge is 0.181 e. The van der Waals surface area contributed by atoms with E-state index in [0.717, 1.165) is 5.56 Å². The van der Waals surface area contributed by atoms with Gasteiger partial charge in [-0.1, -0.05) is 50.6 Å². The molecule has 2 saturated carbocycles. The van der Waals surface area contributed by atoms with E-state index in [2.05, 4.69) is 32.9 Å². The molecule has 1 aromatic rings. The van der Waals surface area contributed by atoms with Crippen molar-refractivity contribution in [2.45, 2.75) is 44.3 Å². The number of aryl methyl sites for hydroxylation is 1. The van der Waals surface area contributed by atoms with E-state index in [0.29, 0.717) is 28.6 Å². The van der Waals surface area contributed by atoms with E-state index in [9.17, 15) is 8.42 Å². The Labute approximate surface area is 139 Å². The molecule has 3 heteroatoms. The van der Waals surface area contributed by atoms with Gasteiger partial charge in [0.05, 0.1) is 10.1 Å². The summed E-state index contributed by atoms with van der Waals surface area (Å²) in [7, 11) is -3.26. The zero-order valence-corrected chi connectivity index (χ0v) is 15.2. The van der Waals surface area contributed by atoms with Crippen LogP contribution in [0.3, 0.4) is 0 Å². The van der Waals surface area contributed by atoms with Crippen LogP contribution in [0.2, 0.25) is 0 Å². The fourth-order valence-electron chi connectivity index (χ4n) is 5.54. The van der Waals surface area contributed by atoms with Crippen LogP contribution in [0.1, 0.15) is 32.8 Å². The molecule has 0 saturated heterocycles. The van der Waals surface area contributed by atoms with Gasteiger partial charge in [-0.2, -0.15) is 0 Å². The average Bonchev–Trinajstić information content (AvgIpc) is 2.94. The molecule has 0 radical (unpaired) electrons. The average molecular weight is 330 g/mol. The van der Waals surface area contributed by atoms with Crippen LogP contribution >= 0.6 is 0 Å². The standard InChI is InChI=1S/C20H26O2S/c1-12-5-9-15(10-6-12)23(21,22)19-17-14-8-7-13(11-14)16(17)18(19)20(2,3)4/h5-10,13-14,16-19H,11H2,1-4H3. The summed E-state index contributed by atoms with van der Waals surface area (Å²) in [6, 6.07) is 7.41. The number of sulfone groups is 1. The third kappa shape index (κ3) is 2.08. The Morgan fingerprint density at radius 1 is 0.957 bits per heavy atom. The molecule has 0 spiro atoms. The number of rotatable bonds is 2. The van der Waals surface area contributed by atoms with Gasteiger partial charge < -0.3 is 0 Å². The zero-order valence-electron chi connectivity index (χ0n) is 14.4. The summed E-state index contributed by atoms with van der Waals surface area (Å²) >= 11 is 0. The van der Waals surface area contributed by atoms with Gasteiger partial charge in [-0.3, -0.25) is 0 Å². The van der Waals surface area contributed by atoms with Crippen LogP contribution in [-0.2, 0) is 9.84 Å². The summed E-state index contributed by atoms with van der Waals surface area (Å²) in [6.07, 6.45) is 5.80. The first-order valence-corrected chi connectivity index (χ1v) is 10.2. The molecule has 4 rings (SSSR count). The fourth-order valence-corrected chi connectivity index (χ4v) is 8.14. The monoisotopic (exact) mass is 330 g/mol. The van der Waals surface area contributed by atoms with Gasteiger partial charge in [0.2, 0.25) is 0 Å². The molecule has 23 heavy (non-hydrogen) atoms. The maximum Gasteiger partial charge on any atom is 0.181 e. The third-order valence-corrected chi connectivity index (χ3v) is 8.69. The van der Waals surface area contributed by atoms with Crippen LogP contribution in [0.15, 0.2) is 41.3 Å². The number of fused-ring (bicyclic) bond motifs is 5. The van der Waals surface area contributed by atoms with Gasteiger partial charge in [-0.25, -0.2) is 8.42 Å². The minimum absolute atomic E-state index is 0.0297. The van der Waals surface area contributed by atoms with Crippen molar-refractivity contribution in [2.24, 2.45) is 35.0 Å². The Morgan fingerprint density at radius 2 is 1.52 bits per heavy atom. The first-order valence-electron chi connectivity index (χ1n) is 8.70. The maximum absolute atomic E-state index is 13.4. The Hall–Kier alpha value is -1.09. The molecule has 2 bridgehead atoms.